The van der Waals surface area contributed by atoms with E-state index >= 15 is 0 Å². The molecule has 0 aromatic heterocycles. The molecule has 0 amide bonds. The minimum atomic E-state index is -1.68. The predicted octanol–water partition coefficient (Wildman–Crippen LogP) is -8.85. The minimum absolute atomic E-state index is 0.0615. The van der Waals surface area contributed by atoms with Crippen molar-refractivity contribution in [1.82, 2.24) is 0 Å². The van der Waals surface area contributed by atoms with Gasteiger partial charge in [-0.05, 0) is 0 Å². The zero-order chi connectivity index (χ0) is 37.6. The summed E-state index contributed by atoms with van der Waals surface area (Å²) in [6, 6.07) is 0. The normalized spacial score (nSPS) is 49.1. The molecule has 8 unspecified atom stereocenters. The summed E-state index contributed by atoms with van der Waals surface area (Å²) >= 11 is 0. The van der Waals surface area contributed by atoms with Gasteiger partial charge in [0.1, 0.15) is 97.7 Å². The third kappa shape index (κ3) is 9.11. The molecule has 6 saturated heterocycles. The van der Waals surface area contributed by atoms with Crippen molar-refractivity contribution in [1.29, 1.82) is 0 Å². The Balaban J connectivity index is 0.000000909. The third-order valence-corrected chi connectivity index (χ3v) is 9.16. The Hall–Kier alpha value is -1.00. The lowest BCUT2D eigenvalue weighted by Gasteiger charge is -2.47. The molecule has 0 radical (unpaired) electrons. The van der Waals surface area contributed by atoms with Gasteiger partial charge in [0.15, 0.2) is 25.2 Å². The van der Waals surface area contributed by atoms with Gasteiger partial charge in [-0.3, -0.25) is 10.5 Å². The first-order valence-electron chi connectivity index (χ1n) is 15.5. The maximum absolute atomic E-state index is 11.2. The lowest BCUT2D eigenvalue weighted by Crippen LogP contribution is -2.65. The molecule has 20 atom stereocenters. The van der Waals surface area contributed by atoms with Crippen LogP contribution in [0.3, 0.4) is 0 Å². The van der Waals surface area contributed by atoms with Crippen LogP contribution in [-0.4, -0.2) is 215 Å². The second kappa shape index (κ2) is 19.5. The molecule has 4 bridgehead atoms. The Morgan fingerprint density at radius 3 is 1.31 bits per heavy atom. The number of aliphatic hydroxyl groups excluding tert-OH is 8. The van der Waals surface area contributed by atoms with E-state index in [1.165, 1.54) is 14.2 Å². The molecule has 6 rings (SSSR count). The molecule has 300 valence electrons. The highest BCUT2D eigenvalue weighted by molar-refractivity contribution is 5.01. The SMILES string of the molecule is CO[C@H]1OC2COC([C@H]2O[C@@H]2OC(CO)[C@H](O)[C@H](O[C@H]3OC4COC([C@H]4O[C@@H]4OC(CO)[C@H](O)[C@H](OC)C4O)[C@@H]3O)C2O)[C@@H]1O.[O-]OO.[O-]OO. The first-order valence-corrected chi connectivity index (χ1v) is 15.5. The largest absolute Gasteiger partial charge is 0.692 e. The zero-order valence-corrected chi connectivity index (χ0v) is 27.0. The Bertz CT molecular complexity index is 1010. The fourth-order valence-corrected chi connectivity index (χ4v) is 6.72. The van der Waals surface area contributed by atoms with Gasteiger partial charge in [0, 0.05) is 14.2 Å². The Kier molecular flexibility index (Phi) is 16.4. The zero-order valence-electron chi connectivity index (χ0n) is 27.0. The van der Waals surface area contributed by atoms with E-state index in [1.807, 2.05) is 10.1 Å². The number of methoxy groups -OCH3 is 2. The molecule has 0 aliphatic carbocycles. The second-order valence-corrected chi connectivity index (χ2v) is 12.0. The summed E-state index contributed by atoms with van der Waals surface area (Å²) in [7, 11) is 2.64. The quantitative estimate of drug-likeness (QED) is 0.0730. The topological polar surface area (TPSA) is 368 Å². The van der Waals surface area contributed by atoms with Crippen molar-refractivity contribution in [2.75, 3.05) is 40.6 Å². The maximum atomic E-state index is 11.2. The predicted molar refractivity (Wildman–Crippen MR) is 144 cm³/mol. The Morgan fingerprint density at radius 1 is 0.510 bits per heavy atom. The van der Waals surface area contributed by atoms with Crippen molar-refractivity contribution in [3.8, 4) is 0 Å². The monoisotopic (exact) mass is 756 g/mol. The van der Waals surface area contributed by atoms with Crippen molar-refractivity contribution < 1.29 is 124 Å². The number of hydrogen-bond donors (Lipinski definition) is 10. The highest BCUT2D eigenvalue weighted by Gasteiger charge is 2.59. The first-order chi connectivity index (χ1) is 24.4. The lowest BCUT2D eigenvalue weighted by atomic mass is 9.96. The summed E-state index contributed by atoms with van der Waals surface area (Å²) in [5.41, 5.74) is 0. The maximum Gasteiger partial charge on any atom is 0.187 e. The molecular formula is C26H44O25-2. The van der Waals surface area contributed by atoms with Crippen LogP contribution in [0.15, 0.2) is 0 Å². The van der Waals surface area contributed by atoms with Crippen LogP contribution < -0.4 is 10.5 Å². The van der Waals surface area contributed by atoms with E-state index in [0.717, 1.165) is 0 Å². The van der Waals surface area contributed by atoms with Gasteiger partial charge in [-0.25, -0.2) is 0 Å². The Morgan fingerprint density at radius 2 is 0.882 bits per heavy atom. The highest BCUT2D eigenvalue weighted by atomic mass is 17.4. The van der Waals surface area contributed by atoms with Gasteiger partial charge in [0.2, 0.25) is 0 Å². The number of hydrogen-bond acceptors (Lipinski definition) is 25. The molecule has 0 aromatic rings. The van der Waals surface area contributed by atoms with E-state index in [-0.39, 0.29) is 13.2 Å². The van der Waals surface area contributed by atoms with Crippen LogP contribution in [0.2, 0.25) is 0 Å². The van der Waals surface area contributed by atoms with E-state index in [1.54, 1.807) is 0 Å². The number of fused-ring (bicyclic) bond motifs is 4. The lowest BCUT2D eigenvalue weighted by molar-refractivity contribution is -0.793. The standard InChI is InChI=1S/C26H42O19.2H2O3/c1-35-19-11(29)7(3-27)39-24(13(19)31)43-18-10-6-38-22(18)16(34)26(42-10)45-20-12(30)8(4-28)40-25(14(20)32)44-17-9-5-37-21(17)15(33)23(36-2)41-9;2*1-3-2/h7-34H,3-6H2,1-2H3;2*1-2H/p-2/t7?,8?,9?,10?,11-,12-,13?,14?,15-,16-,17-,18-,19-,20-,21?,22?,23-,24-,25-,26+;;/m0../s1. The van der Waals surface area contributed by atoms with Crippen molar-refractivity contribution in [2.45, 2.75) is 123 Å². The summed E-state index contributed by atoms with van der Waals surface area (Å²) in [5.74, 6) is 0. The van der Waals surface area contributed by atoms with E-state index in [4.69, 9.17) is 73.1 Å². The molecule has 0 saturated carbocycles. The van der Waals surface area contributed by atoms with Gasteiger partial charge in [-0.2, -0.15) is 0 Å². The molecular weight excluding hydrogens is 712 g/mol. The summed E-state index contributed by atoms with van der Waals surface area (Å²) < 4.78 is 62.1. The van der Waals surface area contributed by atoms with Crippen LogP contribution in [0.1, 0.15) is 0 Å². The molecule has 51 heavy (non-hydrogen) atoms. The van der Waals surface area contributed by atoms with Gasteiger partial charge in [-0.15, -0.1) is 0 Å². The molecule has 25 nitrogen and oxygen atoms in total. The summed E-state index contributed by atoms with van der Waals surface area (Å²) in [6.07, 6.45) is -24.5. The molecule has 6 heterocycles. The van der Waals surface area contributed by atoms with Gasteiger partial charge >= 0.3 is 0 Å². The number of aliphatic hydroxyl groups is 8. The smallest absolute Gasteiger partial charge is 0.187 e. The number of ether oxygens (including phenoxy) is 11. The van der Waals surface area contributed by atoms with Gasteiger partial charge in [0.05, 0.1) is 26.4 Å². The molecule has 6 aliphatic heterocycles. The Labute approximate surface area is 288 Å². The molecule has 0 spiro atoms. The van der Waals surface area contributed by atoms with Crippen molar-refractivity contribution >= 4 is 0 Å². The van der Waals surface area contributed by atoms with E-state index < -0.39 is 136 Å². The van der Waals surface area contributed by atoms with E-state index in [2.05, 4.69) is 0 Å². The van der Waals surface area contributed by atoms with Gasteiger partial charge in [-0.1, -0.05) is 0 Å². The van der Waals surface area contributed by atoms with Crippen LogP contribution in [0, 0.1) is 0 Å². The van der Waals surface area contributed by atoms with Crippen molar-refractivity contribution in [3.05, 3.63) is 0 Å². The molecule has 25 heteroatoms. The average molecular weight is 757 g/mol. The van der Waals surface area contributed by atoms with E-state index in [9.17, 15) is 40.9 Å². The summed E-state index contributed by atoms with van der Waals surface area (Å²) in [6.45, 7) is -1.25. The molecule has 6 fully saturated rings. The molecule has 10 N–H and O–H groups in total. The molecule has 0 aromatic carbocycles. The van der Waals surface area contributed by atoms with Crippen LogP contribution >= 0.6 is 0 Å². The van der Waals surface area contributed by atoms with Crippen molar-refractivity contribution in [3.63, 3.8) is 0 Å². The van der Waals surface area contributed by atoms with Crippen LogP contribution in [0.5, 0.6) is 0 Å². The average Bonchev–Trinajstić information content (AvgIpc) is 3.59. The fourth-order valence-electron chi connectivity index (χ4n) is 6.72. The minimum Gasteiger partial charge on any atom is -0.692 e. The number of rotatable bonds is 10. The van der Waals surface area contributed by atoms with E-state index in [0.29, 0.717) is 0 Å². The second-order valence-electron chi connectivity index (χ2n) is 12.0. The molecule has 6 aliphatic rings. The van der Waals surface area contributed by atoms with Crippen LogP contribution in [0.4, 0.5) is 0 Å². The van der Waals surface area contributed by atoms with Crippen LogP contribution in [0.25, 0.3) is 0 Å². The fraction of sp³-hybridized carbons (Fsp3) is 1.00. The van der Waals surface area contributed by atoms with Crippen LogP contribution in [-0.2, 0) is 62.2 Å². The van der Waals surface area contributed by atoms with Gasteiger partial charge < -0.3 is 114 Å². The summed E-state index contributed by atoms with van der Waals surface area (Å²) in [4.78, 5) is 0. The summed E-state index contributed by atoms with van der Waals surface area (Å²) in [5, 5.41) is 117. The van der Waals surface area contributed by atoms with Gasteiger partial charge in [0.25, 0.3) is 0 Å². The first kappa shape index (κ1) is 42.7. The highest BCUT2D eigenvalue weighted by Crippen LogP contribution is 2.39. The third-order valence-electron chi connectivity index (χ3n) is 9.16. The van der Waals surface area contributed by atoms with Crippen molar-refractivity contribution in [2.24, 2.45) is 0 Å².